The Morgan fingerprint density at radius 1 is 1.21 bits per heavy atom. The van der Waals surface area contributed by atoms with Gasteiger partial charge in [0.05, 0.1) is 11.6 Å². The first-order valence-electron chi connectivity index (χ1n) is 7.28. The van der Waals surface area contributed by atoms with Crippen LogP contribution < -0.4 is 5.73 Å². The van der Waals surface area contributed by atoms with Crippen molar-refractivity contribution in [3.05, 3.63) is 35.4 Å². The van der Waals surface area contributed by atoms with Crippen molar-refractivity contribution in [2.45, 2.75) is 44.8 Å². The molecule has 1 fully saturated rings. The predicted molar refractivity (Wildman–Crippen MR) is 77.2 cm³/mol. The molecule has 3 nitrogen and oxygen atoms in total. The molecule has 0 saturated carbocycles. The van der Waals surface area contributed by atoms with Crippen LogP contribution >= 0.6 is 0 Å². The SMILES string of the molecule is CCOC1(C(N)c2ccc(CC)cc2)CCOCC1. The Kier molecular flexibility index (Phi) is 4.97. The van der Waals surface area contributed by atoms with E-state index in [1.54, 1.807) is 0 Å². The van der Waals surface area contributed by atoms with Gasteiger partial charge < -0.3 is 15.2 Å². The van der Waals surface area contributed by atoms with E-state index in [2.05, 4.69) is 31.2 Å². The second kappa shape index (κ2) is 6.51. The van der Waals surface area contributed by atoms with Crippen LogP contribution in [0.4, 0.5) is 0 Å². The Bertz CT molecular complexity index is 377. The minimum Gasteiger partial charge on any atom is -0.381 e. The Morgan fingerprint density at radius 3 is 2.37 bits per heavy atom. The largest absolute Gasteiger partial charge is 0.381 e. The number of hydrogen-bond donors (Lipinski definition) is 1. The number of nitrogens with two attached hydrogens (primary N) is 1. The maximum atomic E-state index is 6.50. The van der Waals surface area contributed by atoms with Crippen molar-refractivity contribution in [1.82, 2.24) is 0 Å². The number of hydrogen-bond acceptors (Lipinski definition) is 3. The smallest absolute Gasteiger partial charge is 0.0917 e. The zero-order valence-electron chi connectivity index (χ0n) is 12.0. The van der Waals surface area contributed by atoms with E-state index < -0.39 is 0 Å². The fraction of sp³-hybridized carbons (Fsp3) is 0.625. The molecule has 3 heteroatoms. The maximum Gasteiger partial charge on any atom is 0.0917 e. The molecule has 0 aromatic heterocycles. The van der Waals surface area contributed by atoms with E-state index in [4.69, 9.17) is 15.2 Å². The number of ether oxygens (including phenoxy) is 2. The van der Waals surface area contributed by atoms with E-state index in [-0.39, 0.29) is 11.6 Å². The van der Waals surface area contributed by atoms with Gasteiger partial charge in [-0.15, -0.1) is 0 Å². The molecule has 1 aromatic carbocycles. The third kappa shape index (κ3) is 3.16. The van der Waals surface area contributed by atoms with E-state index in [0.717, 1.165) is 38.0 Å². The molecule has 1 atom stereocenters. The highest BCUT2D eigenvalue weighted by Crippen LogP contribution is 2.36. The van der Waals surface area contributed by atoms with Gasteiger partial charge in [0.15, 0.2) is 0 Å². The van der Waals surface area contributed by atoms with Crippen LogP contribution in [0.25, 0.3) is 0 Å². The van der Waals surface area contributed by atoms with Gasteiger partial charge >= 0.3 is 0 Å². The molecule has 1 saturated heterocycles. The molecule has 1 heterocycles. The van der Waals surface area contributed by atoms with Crippen LogP contribution in [-0.4, -0.2) is 25.4 Å². The predicted octanol–water partition coefficient (Wildman–Crippen LogP) is 2.83. The first-order valence-corrected chi connectivity index (χ1v) is 7.28. The summed E-state index contributed by atoms with van der Waals surface area (Å²) in [6, 6.07) is 8.52. The molecule has 2 rings (SSSR count). The fourth-order valence-corrected chi connectivity index (χ4v) is 2.81. The lowest BCUT2D eigenvalue weighted by Crippen LogP contribution is -2.48. The van der Waals surface area contributed by atoms with Gasteiger partial charge in [-0.2, -0.15) is 0 Å². The van der Waals surface area contributed by atoms with E-state index in [0.29, 0.717) is 6.61 Å². The molecule has 19 heavy (non-hydrogen) atoms. The highest BCUT2D eigenvalue weighted by atomic mass is 16.5. The van der Waals surface area contributed by atoms with Crippen molar-refractivity contribution in [2.75, 3.05) is 19.8 Å². The summed E-state index contributed by atoms with van der Waals surface area (Å²) in [6.45, 7) is 6.36. The molecule has 106 valence electrons. The molecular formula is C16H25NO2. The monoisotopic (exact) mass is 263 g/mol. The van der Waals surface area contributed by atoms with Crippen molar-refractivity contribution in [1.29, 1.82) is 0 Å². The first-order chi connectivity index (χ1) is 9.22. The van der Waals surface area contributed by atoms with Crippen LogP contribution in [0, 0.1) is 0 Å². The molecule has 0 amide bonds. The maximum absolute atomic E-state index is 6.50. The molecule has 2 N–H and O–H groups in total. The average molecular weight is 263 g/mol. The topological polar surface area (TPSA) is 44.5 Å². The highest BCUT2D eigenvalue weighted by Gasteiger charge is 2.40. The molecule has 1 aromatic rings. The van der Waals surface area contributed by atoms with Crippen LogP contribution in [0.2, 0.25) is 0 Å². The lowest BCUT2D eigenvalue weighted by molar-refractivity contribution is -0.121. The van der Waals surface area contributed by atoms with Crippen molar-refractivity contribution < 1.29 is 9.47 Å². The summed E-state index contributed by atoms with van der Waals surface area (Å²) < 4.78 is 11.5. The third-order valence-electron chi connectivity index (χ3n) is 4.08. The zero-order chi connectivity index (χ0) is 13.7. The summed E-state index contributed by atoms with van der Waals surface area (Å²) in [5.41, 5.74) is 8.74. The lowest BCUT2D eigenvalue weighted by atomic mass is 9.82. The summed E-state index contributed by atoms with van der Waals surface area (Å²) in [5, 5.41) is 0. The van der Waals surface area contributed by atoms with Crippen molar-refractivity contribution in [3.8, 4) is 0 Å². The van der Waals surface area contributed by atoms with Gasteiger partial charge in [-0.1, -0.05) is 31.2 Å². The summed E-state index contributed by atoms with van der Waals surface area (Å²) in [7, 11) is 0. The van der Waals surface area contributed by atoms with Crippen LogP contribution in [0.3, 0.4) is 0 Å². The van der Waals surface area contributed by atoms with Crippen LogP contribution in [-0.2, 0) is 15.9 Å². The van der Waals surface area contributed by atoms with Crippen molar-refractivity contribution in [3.63, 3.8) is 0 Å². The van der Waals surface area contributed by atoms with Gasteiger partial charge in [0.25, 0.3) is 0 Å². The standard InChI is InChI=1S/C16H25NO2/c1-3-13-5-7-14(8-6-13)15(17)16(19-4-2)9-11-18-12-10-16/h5-8,15H,3-4,9-12,17H2,1-2H3. The lowest BCUT2D eigenvalue weighted by Gasteiger charge is -2.41. The third-order valence-corrected chi connectivity index (χ3v) is 4.08. The molecule has 1 aliphatic rings. The molecule has 1 aliphatic heterocycles. The van der Waals surface area contributed by atoms with Gasteiger partial charge in [-0.25, -0.2) is 0 Å². The minimum absolute atomic E-state index is 0.0812. The van der Waals surface area contributed by atoms with Gasteiger partial charge in [0.1, 0.15) is 0 Å². The summed E-state index contributed by atoms with van der Waals surface area (Å²) in [5.74, 6) is 0. The van der Waals surface area contributed by atoms with Crippen LogP contribution in [0.15, 0.2) is 24.3 Å². The Hall–Kier alpha value is -0.900. The Balaban J connectivity index is 2.19. The normalized spacial score (nSPS) is 20.2. The molecule has 0 aliphatic carbocycles. The van der Waals surface area contributed by atoms with E-state index >= 15 is 0 Å². The van der Waals surface area contributed by atoms with Crippen LogP contribution in [0.1, 0.15) is 43.9 Å². The second-order valence-electron chi connectivity index (χ2n) is 5.18. The number of aryl methyl sites for hydroxylation is 1. The van der Waals surface area contributed by atoms with Crippen molar-refractivity contribution >= 4 is 0 Å². The van der Waals surface area contributed by atoms with E-state index in [9.17, 15) is 0 Å². The average Bonchev–Trinajstić information content (AvgIpc) is 2.48. The summed E-state index contributed by atoms with van der Waals surface area (Å²) in [6.07, 6.45) is 2.80. The van der Waals surface area contributed by atoms with Crippen LogP contribution in [0.5, 0.6) is 0 Å². The van der Waals surface area contributed by atoms with E-state index in [1.165, 1.54) is 5.56 Å². The fourth-order valence-electron chi connectivity index (χ4n) is 2.81. The molecular weight excluding hydrogens is 238 g/mol. The van der Waals surface area contributed by atoms with Gasteiger partial charge in [0, 0.05) is 32.7 Å². The quantitative estimate of drug-likeness (QED) is 0.888. The van der Waals surface area contributed by atoms with E-state index in [1.807, 2.05) is 6.92 Å². The molecule has 1 unspecified atom stereocenters. The summed E-state index contributed by atoms with van der Waals surface area (Å²) in [4.78, 5) is 0. The number of rotatable bonds is 5. The van der Waals surface area contributed by atoms with Gasteiger partial charge in [-0.3, -0.25) is 0 Å². The second-order valence-corrected chi connectivity index (χ2v) is 5.18. The first kappa shape index (κ1) is 14.5. The van der Waals surface area contributed by atoms with Gasteiger partial charge in [0.2, 0.25) is 0 Å². The minimum atomic E-state index is -0.263. The molecule has 0 radical (unpaired) electrons. The van der Waals surface area contributed by atoms with Crippen molar-refractivity contribution in [2.24, 2.45) is 5.73 Å². The van der Waals surface area contributed by atoms with Gasteiger partial charge in [-0.05, 0) is 24.5 Å². The Morgan fingerprint density at radius 2 is 1.84 bits per heavy atom. The zero-order valence-corrected chi connectivity index (χ0v) is 12.0. The molecule has 0 bridgehead atoms. The molecule has 0 spiro atoms. The highest BCUT2D eigenvalue weighted by molar-refractivity contribution is 5.27. The summed E-state index contributed by atoms with van der Waals surface area (Å²) >= 11 is 0. The number of benzene rings is 1. The Labute approximate surface area is 116 Å².